The van der Waals surface area contributed by atoms with Crippen molar-refractivity contribution in [2.24, 2.45) is 11.3 Å². The van der Waals surface area contributed by atoms with Crippen molar-refractivity contribution in [3.63, 3.8) is 0 Å². The maximum Gasteiger partial charge on any atom is 0.225 e. The van der Waals surface area contributed by atoms with Crippen LogP contribution in [0.1, 0.15) is 53.4 Å². The number of ether oxygens (including phenoxy) is 5. The summed E-state index contributed by atoms with van der Waals surface area (Å²) in [4.78, 5) is 12.8. The SMILES string of the molecule is C=C1C[C@@](CC(=O)NC[C@@H]2C[C@@H](O)C(C)(C)[C@@H](C[C@@H](COC)OC)O2)(OC)O[C@H](C)[C@@H]1C. The molecule has 0 spiro atoms. The minimum atomic E-state index is -1.00. The zero-order valence-corrected chi connectivity index (χ0v) is 20.8. The lowest BCUT2D eigenvalue weighted by atomic mass is 9.74. The van der Waals surface area contributed by atoms with Gasteiger partial charge in [0.2, 0.25) is 5.91 Å². The summed E-state index contributed by atoms with van der Waals surface area (Å²) in [5.74, 6) is -0.973. The first-order valence-electron chi connectivity index (χ1n) is 11.5. The Labute approximate surface area is 193 Å². The van der Waals surface area contributed by atoms with Crippen molar-refractivity contribution in [3.05, 3.63) is 12.2 Å². The highest BCUT2D eigenvalue weighted by molar-refractivity contribution is 5.77. The van der Waals surface area contributed by atoms with Gasteiger partial charge in [-0.1, -0.05) is 32.9 Å². The molecular formula is C24H43NO7. The van der Waals surface area contributed by atoms with Crippen molar-refractivity contribution in [2.45, 2.75) is 89.7 Å². The van der Waals surface area contributed by atoms with Gasteiger partial charge < -0.3 is 34.1 Å². The third kappa shape index (κ3) is 6.52. The van der Waals surface area contributed by atoms with Gasteiger partial charge in [-0.05, 0) is 6.92 Å². The molecular weight excluding hydrogens is 414 g/mol. The molecule has 8 heteroatoms. The first-order valence-corrected chi connectivity index (χ1v) is 11.5. The lowest BCUT2D eigenvalue weighted by molar-refractivity contribution is -0.263. The van der Waals surface area contributed by atoms with Crippen molar-refractivity contribution in [1.29, 1.82) is 0 Å². The fourth-order valence-corrected chi connectivity index (χ4v) is 4.53. The van der Waals surface area contributed by atoms with Crippen molar-refractivity contribution < 1.29 is 33.6 Å². The molecule has 0 radical (unpaired) electrons. The van der Waals surface area contributed by atoms with E-state index in [-0.39, 0.29) is 42.7 Å². The Morgan fingerprint density at radius 2 is 2.00 bits per heavy atom. The van der Waals surface area contributed by atoms with Crippen LogP contribution < -0.4 is 5.32 Å². The number of aliphatic hydroxyl groups is 1. The Morgan fingerprint density at radius 1 is 1.31 bits per heavy atom. The number of rotatable bonds is 10. The molecule has 186 valence electrons. The Kier molecular flexibility index (Phi) is 9.70. The standard InChI is InChI=1S/C24H43NO7/c1-15-11-24(30-8,32-17(3)16(15)2)12-22(27)25-13-18-9-20(26)23(4,5)21(31-18)10-19(29-7)14-28-6/h16-21,26H,1,9-14H2,2-8H3,(H,25,27)/t16-,17-,18+,19+,20-,21-,24-/m1/s1. The van der Waals surface area contributed by atoms with Crippen LogP contribution >= 0.6 is 0 Å². The minimum Gasteiger partial charge on any atom is -0.392 e. The maximum atomic E-state index is 12.8. The molecule has 2 saturated heterocycles. The van der Waals surface area contributed by atoms with E-state index in [9.17, 15) is 9.90 Å². The quantitative estimate of drug-likeness (QED) is 0.487. The number of amides is 1. The summed E-state index contributed by atoms with van der Waals surface area (Å²) in [6, 6.07) is 0. The number of aliphatic hydroxyl groups excluding tert-OH is 1. The van der Waals surface area contributed by atoms with Gasteiger partial charge in [-0.15, -0.1) is 0 Å². The normalized spacial score (nSPS) is 36.0. The topological polar surface area (TPSA) is 95.5 Å². The zero-order valence-electron chi connectivity index (χ0n) is 20.8. The molecule has 0 unspecified atom stereocenters. The second-order valence-corrected chi connectivity index (χ2v) is 9.91. The van der Waals surface area contributed by atoms with Crippen LogP contribution in [0, 0.1) is 11.3 Å². The van der Waals surface area contributed by atoms with E-state index in [2.05, 4.69) is 18.8 Å². The number of hydrogen-bond acceptors (Lipinski definition) is 7. The predicted molar refractivity (Wildman–Crippen MR) is 121 cm³/mol. The Bertz CT molecular complexity index is 640. The smallest absolute Gasteiger partial charge is 0.225 e. The summed E-state index contributed by atoms with van der Waals surface area (Å²) in [6.45, 7) is 12.9. The minimum absolute atomic E-state index is 0.0728. The number of nitrogens with one attached hydrogen (secondary N) is 1. The molecule has 8 nitrogen and oxygen atoms in total. The average molecular weight is 458 g/mol. The van der Waals surface area contributed by atoms with Crippen molar-refractivity contribution >= 4 is 5.91 Å². The second kappa shape index (κ2) is 11.4. The molecule has 0 saturated carbocycles. The Balaban J connectivity index is 1.95. The summed E-state index contributed by atoms with van der Waals surface area (Å²) in [5, 5.41) is 13.7. The van der Waals surface area contributed by atoms with Crippen LogP contribution in [0.2, 0.25) is 0 Å². The average Bonchev–Trinajstić information content (AvgIpc) is 2.73. The molecule has 2 aliphatic rings. The van der Waals surface area contributed by atoms with E-state index in [1.165, 1.54) is 0 Å². The van der Waals surface area contributed by atoms with Crippen LogP contribution in [0.15, 0.2) is 12.2 Å². The van der Waals surface area contributed by atoms with E-state index in [1.54, 1.807) is 21.3 Å². The van der Waals surface area contributed by atoms with Crippen LogP contribution in [-0.2, 0) is 28.5 Å². The first-order chi connectivity index (χ1) is 15.0. The maximum absolute atomic E-state index is 12.8. The molecule has 2 heterocycles. The number of carbonyl (C=O) groups excluding carboxylic acids is 1. The van der Waals surface area contributed by atoms with Crippen LogP contribution in [0.25, 0.3) is 0 Å². The van der Waals surface area contributed by atoms with Crippen LogP contribution in [0.4, 0.5) is 0 Å². The first kappa shape index (κ1) is 27.2. The molecule has 2 rings (SSSR count). The molecule has 0 bridgehead atoms. The Hall–Kier alpha value is -1.03. The van der Waals surface area contributed by atoms with Crippen molar-refractivity contribution in [2.75, 3.05) is 34.5 Å². The summed E-state index contributed by atoms with van der Waals surface area (Å²) in [5.41, 5.74) is 0.583. The predicted octanol–water partition coefficient (Wildman–Crippen LogP) is 2.43. The van der Waals surface area contributed by atoms with E-state index in [0.717, 1.165) is 5.57 Å². The van der Waals surface area contributed by atoms with Crippen LogP contribution in [-0.4, -0.2) is 81.8 Å². The van der Waals surface area contributed by atoms with Gasteiger partial charge in [-0.3, -0.25) is 4.79 Å². The van der Waals surface area contributed by atoms with E-state index in [1.807, 2.05) is 20.8 Å². The highest BCUT2D eigenvalue weighted by Gasteiger charge is 2.46. The highest BCUT2D eigenvalue weighted by Crippen LogP contribution is 2.40. The molecule has 0 aromatic rings. The summed E-state index contributed by atoms with van der Waals surface area (Å²) in [7, 11) is 4.83. The molecule has 7 atom stereocenters. The van der Waals surface area contributed by atoms with Gasteiger partial charge in [0, 0.05) is 58.5 Å². The van der Waals surface area contributed by atoms with Crippen molar-refractivity contribution in [3.8, 4) is 0 Å². The van der Waals surface area contributed by atoms with Crippen molar-refractivity contribution in [1.82, 2.24) is 5.32 Å². The monoisotopic (exact) mass is 457 g/mol. The third-order valence-electron chi connectivity index (χ3n) is 7.27. The van der Waals surface area contributed by atoms with Gasteiger partial charge in [0.05, 0.1) is 43.5 Å². The molecule has 0 aliphatic carbocycles. The summed E-state index contributed by atoms with van der Waals surface area (Å²) >= 11 is 0. The fourth-order valence-electron chi connectivity index (χ4n) is 4.53. The van der Waals surface area contributed by atoms with Gasteiger partial charge in [0.1, 0.15) is 0 Å². The molecule has 0 aromatic heterocycles. The molecule has 1 amide bonds. The van der Waals surface area contributed by atoms with E-state index < -0.39 is 17.3 Å². The number of hydrogen-bond donors (Lipinski definition) is 2. The van der Waals surface area contributed by atoms with Crippen LogP contribution in [0.3, 0.4) is 0 Å². The fraction of sp³-hybridized carbons (Fsp3) is 0.875. The lowest BCUT2D eigenvalue weighted by Gasteiger charge is -2.46. The zero-order chi connectivity index (χ0) is 24.1. The summed E-state index contributed by atoms with van der Waals surface area (Å²) < 4.78 is 28.7. The molecule has 0 aromatic carbocycles. The third-order valence-corrected chi connectivity index (χ3v) is 7.27. The Morgan fingerprint density at radius 3 is 2.56 bits per heavy atom. The van der Waals surface area contributed by atoms with E-state index in [0.29, 0.717) is 32.4 Å². The van der Waals surface area contributed by atoms with E-state index in [4.69, 9.17) is 23.7 Å². The second-order valence-electron chi connectivity index (χ2n) is 9.91. The highest BCUT2D eigenvalue weighted by atomic mass is 16.7. The molecule has 2 fully saturated rings. The number of carbonyl (C=O) groups is 1. The summed E-state index contributed by atoms with van der Waals surface area (Å²) in [6.07, 6.45) is 0.301. The van der Waals surface area contributed by atoms with Gasteiger partial charge in [0.25, 0.3) is 0 Å². The van der Waals surface area contributed by atoms with E-state index >= 15 is 0 Å². The molecule has 2 aliphatic heterocycles. The molecule has 32 heavy (non-hydrogen) atoms. The molecule has 2 N–H and O–H groups in total. The van der Waals surface area contributed by atoms with Gasteiger partial charge in [0.15, 0.2) is 5.79 Å². The van der Waals surface area contributed by atoms with Gasteiger partial charge in [-0.2, -0.15) is 0 Å². The van der Waals surface area contributed by atoms with Gasteiger partial charge in [-0.25, -0.2) is 0 Å². The largest absolute Gasteiger partial charge is 0.392 e. The van der Waals surface area contributed by atoms with Crippen LogP contribution in [0.5, 0.6) is 0 Å². The van der Waals surface area contributed by atoms with Gasteiger partial charge >= 0.3 is 0 Å². The lowest BCUT2D eigenvalue weighted by Crippen LogP contribution is -2.54. The number of methoxy groups -OCH3 is 3.